The molecule has 2 amide bonds. The lowest BCUT2D eigenvalue weighted by Gasteiger charge is -2.27. The molecule has 0 bridgehead atoms. The van der Waals surface area contributed by atoms with Gasteiger partial charge in [0.15, 0.2) is 0 Å². The Labute approximate surface area is 167 Å². The van der Waals surface area contributed by atoms with E-state index in [9.17, 15) is 9.59 Å². The van der Waals surface area contributed by atoms with Crippen molar-refractivity contribution in [2.24, 2.45) is 5.10 Å². The van der Waals surface area contributed by atoms with Crippen LogP contribution in [0.5, 0.6) is 0 Å². The number of carbonyl (C=O) groups is 2. The molecule has 0 saturated carbocycles. The number of para-hydroxylation sites is 1. The second-order valence-electron chi connectivity index (χ2n) is 6.64. The van der Waals surface area contributed by atoms with Gasteiger partial charge in [0.05, 0.1) is 19.4 Å². The van der Waals surface area contributed by atoms with Crippen LogP contribution in [0, 0.1) is 0 Å². The predicted octanol–water partition coefficient (Wildman–Crippen LogP) is 1.66. The summed E-state index contributed by atoms with van der Waals surface area (Å²) in [5, 5.41) is 5.02. The van der Waals surface area contributed by atoms with Crippen LogP contribution in [-0.2, 0) is 16.1 Å². The Bertz CT molecular complexity index is 1040. The van der Waals surface area contributed by atoms with Crippen LogP contribution < -0.4 is 5.43 Å². The molecule has 1 aliphatic rings. The maximum Gasteiger partial charge on any atom is 0.289 e. The van der Waals surface area contributed by atoms with Crippen LogP contribution in [0.2, 0.25) is 0 Å². The smallest absolute Gasteiger partial charge is 0.289 e. The Morgan fingerprint density at radius 2 is 1.93 bits per heavy atom. The van der Waals surface area contributed by atoms with Gasteiger partial charge in [0, 0.05) is 41.9 Å². The Hall–Kier alpha value is -3.52. The number of fused-ring (bicyclic) bond motifs is 1. The van der Waals surface area contributed by atoms with Crippen molar-refractivity contribution in [3.63, 3.8) is 0 Å². The molecule has 0 aliphatic carbocycles. The van der Waals surface area contributed by atoms with Gasteiger partial charge >= 0.3 is 0 Å². The van der Waals surface area contributed by atoms with E-state index in [2.05, 4.69) is 15.5 Å². The van der Waals surface area contributed by atoms with E-state index >= 15 is 0 Å². The molecule has 1 aromatic carbocycles. The second-order valence-corrected chi connectivity index (χ2v) is 6.64. The Morgan fingerprint density at radius 3 is 2.72 bits per heavy atom. The monoisotopic (exact) mass is 391 g/mol. The lowest BCUT2D eigenvalue weighted by atomic mass is 10.2. The van der Waals surface area contributed by atoms with Gasteiger partial charge in [-0.2, -0.15) is 5.10 Å². The number of pyridine rings is 1. The molecular formula is C21H21N5O3. The number of nitrogens with zero attached hydrogens (tertiary/aromatic N) is 4. The molecule has 3 aromatic rings. The fraction of sp³-hybridized carbons (Fsp3) is 0.238. The second kappa shape index (κ2) is 8.66. The van der Waals surface area contributed by atoms with Gasteiger partial charge in [-0.1, -0.05) is 24.3 Å². The van der Waals surface area contributed by atoms with Crippen molar-refractivity contribution in [3.05, 3.63) is 66.1 Å². The third-order valence-corrected chi connectivity index (χ3v) is 4.76. The van der Waals surface area contributed by atoms with E-state index in [0.29, 0.717) is 32.0 Å². The van der Waals surface area contributed by atoms with Crippen molar-refractivity contribution < 1.29 is 14.3 Å². The summed E-state index contributed by atoms with van der Waals surface area (Å²) in [6.07, 6.45) is 5.01. The third-order valence-electron chi connectivity index (χ3n) is 4.76. The number of rotatable bonds is 5. The van der Waals surface area contributed by atoms with Gasteiger partial charge in [-0.15, -0.1) is 0 Å². The highest BCUT2D eigenvalue weighted by Gasteiger charge is 2.18. The lowest BCUT2D eigenvalue weighted by molar-refractivity contribution is -0.135. The van der Waals surface area contributed by atoms with Gasteiger partial charge in [-0.3, -0.25) is 14.6 Å². The minimum Gasteiger partial charge on any atom is -0.378 e. The lowest BCUT2D eigenvalue weighted by Crippen LogP contribution is -2.42. The molecule has 1 N–H and O–H groups in total. The summed E-state index contributed by atoms with van der Waals surface area (Å²) in [6.45, 7) is 2.63. The molecule has 0 unspecified atom stereocenters. The van der Waals surface area contributed by atoms with E-state index in [4.69, 9.17) is 4.74 Å². The van der Waals surface area contributed by atoms with E-state index in [1.807, 2.05) is 39.9 Å². The Balaban J connectivity index is 1.51. The largest absolute Gasteiger partial charge is 0.378 e. The normalized spacial score (nSPS) is 14.4. The molecule has 148 valence electrons. The number of hydrazone groups is 1. The summed E-state index contributed by atoms with van der Waals surface area (Å²) in [7, 11) is 0. The highest BCUT2D eigenvalue weighted by Crippen LogP contribution is 2.20. The minimum absolute atomic E-state index is 0.0565. The number of morpholine rings is 1. The molecule has 8 heteroatoms. The first kappa shape index (κ1) is 18.8. The van der Waals surface area contributed by atoms with E-state index in [1.165, 1.54) is 0 Å². The molecule has 1 aliphatic heterocycles. The summed E-state index contributed by atoms with van der Waals surface area (Å²) in [5.74, 6) is -0.325. The summed E-state index contributed by atoms with van der Waals surface area (Å²) in [6, 6.07) is 12.9. The van der Waals surface area contributed by atoms with Gasteiger partial charge in [-0.05, 0) is 18.2 Å². The molecule has 29 heavy (non-hydrogen) atoms. The van der Waals surface area contributed by atoms with E-state index in [-0.39, 0.29) is 18.4 Å². The number of benzene rings is 1. The van der Waals surface area contributed by atoms with Gasteiger partial charge in [-0.25, -0.2) is 5.43 Å². The van der Waals surface area contributed by atoms with Crippen molar-refractivity contribution in [1.29, 1.82) is 0 Å². The maximum atomic E-state index is 12.6. The van der Waals surface area contributed by atoms with Crippen LogP contribution >= 0.6 is 0 Å². The number of ether oxygens (including phenoxy) is 1. The number of nitrogens with one attached hydrogen (secondary N) is 1. The fourth-order valence-corrected chi connectivity index (χ4v) is 3.28. The highest BCUT2D eigenvalue weighted by atomic mass is 16.5. The van der Waals surface area contributed by atoms with Crippen LogP contribution in [0.25, 0.3) is 10.9 Å². The first-order valence-corrected chi connectivity index (χ1v) is 9.40. The zero-order chi connectivity index (χ0) is 20.1. The molecular weight excluding hydrogens is 370 g/mol. The molecule has 2 aromatic heterocycles. The molecule has 0 spiro atoms. The number of aromatic nitrogens is 2. The number of hydrogen-bond acceptors (Lipinski definition) is 5. The summed E-state index contributed by atoms with van der Waals surface area (Å²) in [4.78, 5) is 30.5. The van der Waals surface area contributed by atoms with Gasteiger partial charge in [0.1, 0.15) is 12.2 Å². The summed E-state index contributed by atoms with van der Waals surface area (Å²) < 4.78 is 7.22. The third kappa shape index (κ3) is 4.33. The molecule has 3 heterocycles. The topological polar surface area (TPSA) is 88.8 Å². The van der Waals surface area contributed by atoms with Crippen molar-refractivity contribution >= 4 is 28.9 Å². The number of hydrogen-bond donors (Lipinski definition) is 1. The molecule has 0 radical (unpaired) electrons. The highest BCUT2D eigenvalue weighted by molar-refractivity contribution is 6.00. The van der Waals surface area contributed by atoms with Crippen LogP contribution in [0.1, 0.15) is 16.1 Å². The first-order valence-electron chi connectivity index (χ1n) is 9.40. The van der Waals surface area contributed by atoms with Crippen molar-refractivity contribution in [1.82, 2.24) is 19.9 Å². The van der Waals surface area contributed by atoms with E-state index in [0.717, 1.165) is 16.5 Å². The quantitative estimate of drug-likeness (QED) is 0.529. The molecule has 8 nitrogen and oxygen atoms in total. The van der Waals surface area contributed by atoms with Crippen LogP contribution in [-0.4, -0.2) is 58.8 Å². The standard InChI is InChI=1S/C21H21N5O3/c27-20(25-9-11-29-12-10-25)15-26-14-16(17-5-1-2-7-19(17)26)13-23-24-21(28)18-6-3-4-8-22-18/h1-8,13-14H,9-12,15H2,(H,24,28)/b23-13-. The predicted molar refractivity (Wildman–Crippen MR) is 109 cm³/mol. The van der Waals surface area contributed by atoms with E-state index in [1.54, 1.807) is 30.6 Å². The molecule has 1 fully saturated rings. The SMILES string of the molecule is O=C(N/N=C\c1cn(CC(=O)N2CCOCC2)c2ccccc12)c1ccccn1. The maximum absolute atomic E-state index is 12.6. The van der Waals surface area contributed by atoms with E-state index < -0.39 is 0 Å². The Kier molecular flexibility index (Phi) is 5.62. The van der Waals surface area contributed by atoms with Crippen LogP contribution in [0.4, 0.5) is 0 Å². The van der Waals surface area contributed by atoms with Crippen molar-refractivity contribution in [2.75, 3.05) is 26.3 Å². The van der Waals surface area contributed by atoms with Crippen molar-refractivity contribution in [2.45, 2.75) is 6.54 Å². The molecule has 0 atom stereocenters. The molecule has 4 rings (SSSR count). The zero-order valence-corrected chi connectivity index (χ0v) is 15.8. The minimum atomic E-state index is -0.381. The van der Waals surface area contributed by atoms with Crippen molar-refractivity contribution in [3.8, 4) is 0 Å². The van der Waals surface area contributed by atoms with Crippen LogP contribution in [0.3, 0.4) is 0 Å². The average molecular weight is 391 g/mol. The molecule has 1 saturated heterocycles. The fourth-order valence-electron chi connectivity index (χ4n) is 3.28. The van der Waals surface area contributed by atoms with Gasteiger partial charge in [0.2, 0.25) is 5.91 Å². The number of amides is 2. The number of carbonyl (C=O) groups excluding carboxylic acids is 2. The van der Waals surface area contributed by atoms with Crippen LogP contribution in [0.15, 0.2) is 60.0 Å². The van der Waals surface area contributed by atoms with Gasteiger partial charge < -0.3 is 14.2 Å². The first-order chi connectivity index (χ1) is 14.2. The summed E-state index contributed by atoms with van der Waals surface area (Å²) >= 11 is 0. The summed E-state index contributed by atoms with van der Waals surface area (Å²) in [5.41, 5.74) is 4.53. The Morgan fingerprint density at radius 1 is 1.14 bits per heavy atom. The van der Waals surface area contributed by atoms with Gasteiger partial charge in [0.25, 0.3) is 5.91 Å². The zero-order valence-electron chi connectivity index (χ0n) is 15.8. The average Bonchev–Trinajstić information content (AvgIpc) is 3.12.